The minimum atomic E-state index is -0.946. The van der Waals surface area contributed by atoms with E-state index in [9.17, 15) is 14.9 Å². The number of hydrogen-bond acceptors (Lipinski definition) is 8. The molecular weight excluding hydrogens is 470 g/mol. The molecule has 10 heteroatoms. The molecule has 2 N–H and O–H groups in total. The molecule has 1 aromatic heterocycles. The predicted octanol–water partition coefficient (Wildman–Crippen LogP) is 3.42. The van der Waals surface area contributed by atoms with Gasteiger partial charge in [-0.1, -0.05) is 41.9 Å². The minimum absolute atomic E-state index is 0.0442. The number of nitrogens with zero attached hydrogens (tertiary/aromatic N) is 4. The van der Waals surface area contributed by atoms with Crippen molar-refractivity contribution in [3.8, 4) is 11.8 Å². The van der Waals surface area contributed by atoms with Crippen molar-refractivity contribution in [2.75, 3.05) is 19.1 Å². The average molecular weight is 490 g/mol. The number of nitriles is 1. The Labute approximate surface area is 206 Å². The third-order valence-electron chi connectivity index (χ3n) is 5.55. The van der Waals surface area contributed by atoms with Gasteiger partial charge in [-0.2, -0.15) is 10.4 Å². The summed E-state index contributed by atoms with van der Waals surface area (Å²) in [6, 6.07) is 17.5. The standard InChI is InChI=1S/C25H20ClN5O4/c1-34-24(32)21-20(15-7-4-3-5-8-15)17(14-27)23(28)31(22(21)25(33)35-2)16-9-10-19(18(26)13-16)30-12-6-11-29-30/h3-13,20H,28H2,1-2H3. The number of carbonyl (C=O) groups is 2. The lowest BCUT2D eigenvalue weighted by Gasteiger charge is -2.36. The Morgan fingerprint density at radius 3 is 2.37 bits per heavy atom. The molecule has 2 aromatic carbocycles. The minimum Gasteiger partial charge on any atom is -0.466 e. The Bertz CT molecular complexity index is 1390. The van der Waals surface area contributed by atoms with Crippen molar-refractivity contribution in [1.82, 2.24) is 9.78 Å². The number of ether oxygens (including phenoxy) is 2. The number of halogens is 1. The first-order chi connectivity index (χ1) is 16.9. The first kappa shape index (κ1) is 23.6. The molecular formula is C25H20ClN5O4. The second-order valence-corrected chi connectivity index (χ2v) is 7.83. The van der Waals surface area contributed by atoms with Gasteiger partial charge in [0.2, 0.25) is 0 Å². The number of rotatable bonds is 5. The molecule has 0 saturated carbocycles. The number of carbonyl (C=O) groups excluding carboxylic acids is 2. The van der Waals surface area contributed by atoms with Crippen molar-refractivity contribution >= 4 is 29.2 Å². The van der Waals surface area contributed by atoms with Gasteiger partial charge in [0, 0.05) is 18.1 Å². The zero-order valence-corrected chi connectivity index (χ0v) is 19.6. The van der Waals surface area contributed by atoms with E-state index in [4.69, 9.17) is 26.8 Å². The molecule has 0 amide bonds. The highest BCUT2D eigenvalue weighted by atomic mass is 35.5. The van der Waals surface area contributed by atoms with Crippen molar-refractivity contribution in [2.24, 2.45) is 5.73 Å². The van der Waals surface area contributed by atoms with E-state index in [-0.39, 0.29) is 22.7 Å². The van der Waals surface area contributed by atoms with Crippen LogP contribution in [0.4, 0.5) is 5.69 Å². The lowest BCUT2D eigenvalue weighted by molar-refractivity contribution is -0.139. The maximum atomic E-state index is 13.1. The van der Waals surface area contributed by atoms with Crippen LogP contribution in [0.5, 0.6) is 0 Å². The monoisotopic (exact) mass is 489 g/mol. The third-order valence-corrected chi connectivity index (χ3v) is 5.85. The molecule has 9 nitrogen and oxygen atoms in total. The molecule has 1 aliphatic rings. The van der Waals surface area contributed by atoms with Crippen LogP contribution in [0.3, 0.4) is 0 Å². The van der Waals surface area contributed by atoms with E-state index < -0.39 is 17.9 Å². The average Bonchev–Trinajstić information content (AvgIpc) is 3.42. The number of benzene rings is 2. The molecule has 1 atom stereocenters. The Hall–Kier alpha value is -4.55. The zero-order valence-electron chi connectivity index (χ0n) is 18.8. The number of aromatic nitrogens is 2. The van der Waals surface area contributed by atoms with Crippen molar-refractivity contribution in [3.05, 3.63) is 100 Å². The summed E-state index contributed by atoms with van der Waals surface area (Å²) in [4.78, 5) is 27.5. The highest BCUT2D eigenvalue weighted by Crippen LogP contribution is 2.43. The van der Waals surface area contributed by atoms with Crippen molar-refractivity contribution in [2.45, 2.75) is 5.92 Å². The maximum Gasteiger partial charge on any atom is 0.355 e. The van der Waals surface area contributed by atoms with Gasteiger partial charge < -0.3 is 15.2 Å². The Balaban J connectivity index is 2.00. The summed E-state index contributed by atoms with van der Waals surface area (Å²) in [5.41, 5.74) is 7.81. The molecule has 0 radical (unpaired) electrons. The smallest absolute Gasteiger partial charge is 0.355 e. The summed E-state index contributed by atoms with van der Waals surface area (Å²) in [7, 11) is 2.38. The number of nitrogens with two attached hydrogens (primary N) is 1. The first-order valence-corrected chi connectivity index (χ1v) is 10.8. The molecule has 3 aromatic rings. The number of methoxy groups -OCH3 is 2. The van der Waals surface area contributed by atoms with Gasteiger partial charge in [-0.25, -0.2) is 14.3 Å². The number of anilines is 1. The largest absolute Gasteiger partial charge is 0.466 e. The van der Waals surface area contributed by atoms with Gasteiger partial charge in [-0.05, 0) is 29.8 Å². The van der Waals surface area contributed by atoms with E-state index >= 15 is 0 Å². The molecule has 0 spiro atoms. The van der Waals surface area contributed by atoms with Gasteiger partial charge in [-0.15, -0.1) is 0 Å². The summed E-state index contributed by atoms with van der Waals surface area (Å²) in [6.45, 7) is 0. The highest BCUT2D eigenvalue weighted by molar-refractivity contribution is 6.32. The zero-order chi connectivity index (χ0) is 25.1. The van der Waals surface area contributed by atoms with E-state index in [1.807, 2.05) is 0 Å². The topological polar surface area (TPSA) is 123 Å². The Morgan fingerprint density at radius 1 is 1.09 bits per heavy atom. The summed E-state index contributed by atoms with van der Waals surface area (Å²) >= 11 is 6.54. The van der Waals surface area contributed by atoms with E-state index in [0.29, 0.717) is 22.0 Å². The molecule has 1 aliphatic heterocycles. The quantitative estimate of drug-likeness (QED) is 0.541. The lowest BCUT2D eigenvalue weighted by Crippen LogP contribution is -2.40. The molecule has 35 heavy (non-hydrogen) atoms. The van der Waals surface area contributed by atoms with Crippen LogP contribution in [0, 0.1) is 11.3 Å². The van der Waals surface area contributed by atoms with Crippen LogP contribution in [0.15, 0.2) is 89.7 Å². The Morgan fingerprint density at radius 2 is 1.80 bits per heavy atom. The summed E-state index contributed by atoms with van der Waals surface area (Å²) < 4.78 is 11.6. The van der Waals surface area contributed by atoms with Gasteiger partial charge in [0.25, 0.3) is 0 Å². The van der Waals surface area contributed by atoms with Crippen molar-refractivity contribution in [1.29, 1.82) is 5.26 Å². The normalized spacial score (nSPS) is 15.6. The van der Waals surface area contributed by atoms with Crippen LogP contribution >= 0.6 is 11.6 Å². The van der Waals surface area contributed by atoms with Crippen molar-refractivity contribution in [3.63, 3.8) is 0 Å². The maximum absolute atomic E-state index is 13.1. The van der Waals surface area contributed by atoms with Gasteiger partial charge in [-0.3, -0.25) is 4.90 Å². The highest BCUT2D eigenvalue weighted by Gasteiger charge is 2.43. The molecule has 1 unspecified atom stereocenters. The fraction of sp³-hybridized carbons (Fsp3) is 0.120. The molecule has 0 aliphatic carbocycles. The van der Waals surface area contributed by atoms with Crippen molar-refractivity contribution < 1.29 is 19.1 Å². The van der Waals surface area contributed by atoms with Crippen LogP contribution in [-0.4, -0.2) is 35.9 Å². The van der Waals surface area contributed by atoms with Gasteiger partial charge >= 0.3 is 11.9 Å². The van der Waals surface area contributed by atoms with E-state index in [2.05, 4.69) is 11.2 Å². The Kier molecular flexibility index (Phi) is 6.57. The molecule has 0 fully saturated rings. The van der Waals surface area contributed by atoms with Gasteiger partial charge in [0.15, 0.2) is 0 Å². The number of esters is 2. The van der Waals surface area contributed by atoms with E-state index in [1.54, 1.807) is 71.7 Å². The van der Waals surface area contributed by atoms with Gasteiger partial charge in [0.1, 0.15) is 11.5 Å². The van der Waals surface area contributed by atoms with Crippen LogP contribution in [0.2, 0.25) is 5.02 Å². The van der Waals surface area contributed by atoms with Crippen LogP contribution < -0.4 is 10.6 Å². The van der Waals surface area contributed by atoms with Crippen LogP contribution in [0.1, 0.15) is 11.5 Å². The van der Waals surface area contributed by atoms with E-state index in [0.717, 1.165) is 0 Å². The van der Waals surface area contributed by atoms with Gasteiger partial charge in [0.05, 0.1) is 48.1 Å². The molecule has 0 bridgehead atoms. The van der Waals surface area contributed by atoms with Crippen LogP contribution in [0.25, 0.3) is 5.69 Å². The second-order valence-electron chi connectivity index (χ2n) is 7.42. The first-order valence-electron chi connectivity index (χ1n) is 10.4. The third kappa shape index (κ3) is 4.11. The second kappa shape index (κ2) is 9.75. The fourth-order valence-electron chi connectivity index (χ4n) is 4.01. The van der Waals surface area contributed by atoms with Crippen LogP contribution in [-0.2, 0) is 19.1 Å². The molecule has 2 heterocycles. The predicted molar refractivity (Wildman–Crippen MR) is 128 cm³/mol. The summed E-state index contributed by atoms with van der Waals surface area (Å²) in [5.74, 6) is -2.63. The van der Waals surface area contributed by atoms with E-state index in [1.165, 1.54) is 19.1 Å². The fourth-order valence-corrected chi connectivity index (χ4v) is 4.27. The molecule has 0 saturated heterocycles. The number of allylic oxidation sites excluding steroid dienone is 1. The SMILES string of the molecule is COC(=O)C1=C(C(=O)OC)N(c2ccc(-n3cccn3)c(Cl)c2)C(N)=C(C#N)C1c1ccccc1. The lowest BCUT2D eigenvalue weighted by atomic mass is 9.81. The summed E-state index contributed by atoms with van der Waals surface area (Å²) in [5, 5.41) is 14.6. The molecule has 4 rings (SSSR count). The number of hydrogen-bond donors (Lipinski definition) is 1. The molecule has 176 valence electrons. The summed E-state index contributed by atoms with van der Waals surface area (Å²) in [6.07, 6.45) is 3.34.